The van der Waals surface area contributed by atoms with Crippen molar-refractivity contribution in [2.24, 2.45) is 0 Å². The first-order chi connectivity index (χ1) is 7.75. The number of hydrogen-bond donors (Lipinski definition) is 2. The molecule has 2 aromatic rings. The number of aromatic amines is 1. The quantitative estimate of drug-likeness (QED) is 0.856. The normalized spacial score (nSPS) is 12.6. The highest BCUT2D eigenvalue weighted by Gasteiger charge is 2.04. The van der Waals surface area contributed by atoms with Crippen LogP contribution < -0.4 is 5.32 Å². The molecule has 1 unspecified atom stereocenters. The Kier molecular flexibility index (Phi) is 3.59. The molecule has 84 valence electrons. The number of benzene rings is 1. The van der Waals surface area contributed by atoms with Gasteiger partial charge in [-0.05, 0) is 24.6 Å². The molecule has 4 heteroatoms. The SMILES string of the molecule is CC(NCc1cn[nH]c1)c1ccc(Cl)cc1. The monoisotopic (exact) mass is 235 g/mol. The van der Waals surface area contributed by atoms with Crippen LogP contribution in [0.4, 0.5) is 0 Å². The Morgan fingerprint density at radius 1 is 1.38 bits per heavy atom. The number of rotatable bonds is 4. The fraction of sp³-hybridized carbons (Fsp3) is 0.250. The fourth-order valence-corrected chi connectivity index (χ4v) is 1.64. The van der Waals surface area contributed by atoms with Crippen LogP contribution in [0.2, 0.25) is 5.02 Å². The van der Waals surface area contributed by atoms with Crippen LogP contribution in [0.1, 0.15) is 24.1 Å². The minimum atomic E-state index is 0.298. The van der Waals surface area contributed by atoms with Crippen LogP contribution in [-0.2, 0) is 6.54 Å². The zero-order valence-electron chi connectivity index (χ0n) is 9.07. The number of hydrogen-bond acceptors (Lipinski definition) is 2. The van der Waals surface area contributed by atoms with E-state index in [4.69, 9.17) is 11.6 Å². The number of aromatic nitrogens is 2. The molecular weight excluding hydrogens is 222 g/mol. The maximum Gasteiger partial charge on any atom is 0.0532 e. The Morgan fingerprint density at radius 2 is 2.12 bits per heavy atom. The molecule has 1 aromatic heterocycles. The summed E-state index contributed by atoms with van der Waals surface area (Å²) >= 11 is 5.84. The molecule has 1 atom stereocenters. The second-order valence-corrected chi connectivity index (χ2v) is 4.20. The van der Waals surface area contributed by atoms with Gasteiger partial charge in [-0.1, -0.05) is 23.7 Å². The minimum absolute atomic E-state index is 0.298. The second-order valence-electron chi connectivity index (χ2n) is 3.76. The van der Waals surface area contributed by atoms with E-state index in [0.717, 1.165) is 17.1 Å². The van der Waals surface area contributed by atoms with E-state index in [1.54, 1.807) is 0 Å². The molecule has 0 aliphatic rings. The molecule has 0 amide bonds. The van der Waals surface area contributed by atoms with Gasteiger partial charge < -0.3 is 5.32 Å². The van der Waals surface area contributed by atoms with E-state index in [1.807, 2.05) is 36.7 Å². The van der Waals surface area contributed by atoms with E-state index in [0.29, 0.717) is 6.04 Å². The van der Waals surface area contributed by atoms with Crippen molar-refractivity contribution >= 4 is 11.6 Å². The highest BCUT2D eigenvalue weighted by atomic mass is 35.5. The summed E-state index contributed by atoms with van der Waals surface area (Å²) in [6, 6.07) is 8.19. The lowest BCUT2D eigenvalue weighted by atomic mass is 10.1. The van der Waals surface area contributed by atoms with Crippen LogP contribution in [0.25, 0.3) is 0 Å². The summed E-state index contributed by atoms with van der Waals surface area (Å²) in [6.07, 6.45) is 3.71. The molecule has 0 bridgehead atoms. The van der Waals surface area contributed by atoms with Gasteiger partial charge in [0.1, 0.15) is 0 Å². The molecular formula is C12H14ClN3. The fourth-order valence-electron chi connectivity index (χ4n) is 1.51. The topological polar surface area (TPSA) is 40.7 Å². The molecule has 0 spiro atoms. The Bertz CT molecular complexity index is 422. The van der Waals surface area contributed by atoms with Gasteiger partial charge >= 0.3 is 0 Å². The summed E-state index contributed by atoms with van der Waals surface area (Å²) in [4.78, 5) is 0. The van der Waals surface area contributed by atoms with Gasteiger partial charge in [-0.2, -0.15) is 5.10 Å². The highest BCUT2D eigenvalue weighted by molar-refractivity contribution is 6.30. The lowest BCUT2D eigenvalue weighted by Gasteiger charge is -2.13. The summed E-state index contributed by atoms with van der Waals surface area (Å²) in [5, 5.41) is 10.9. The Hall–Kier alpha value is -1.32. The minimum Gasteiger partial charge on any atom is -0.306 e. The summed E-state index contributed by atoms with van der Waals surface area (Å²) < 4.78 is 0. The zero-order valence-corrected chi connectivity index (χ0v) is 9.83. The van der Waals surface area contributed by atoms with Gasteiger partial charge in [0.15, 0.2) is 0 Å². The van der Waals surface area contributed by atoms with Gasteiger partial charge in [0.2, 0.25) is 0 Å². The first kappa shape index (κ1) is 11.2. The largest absolute Gasteiger partial charge is 0.306 e. The molecule has 0 saturated carbocycles. The lowest BCUT2D eigenvalue weighted by molar-refractivity contribution is 0.575. The Morgan fingerprint density at radius 3 is 2.75 bits per heavy atom. The molecule has 16 heavy (non-hydrogen) atoms. The van der Waals surface area contributed by atoms with E-state index in [9.17, 15) is 0 Å². The van der Waals surface area contributed by atoms with Gasteiger partial charge in [0.25, 0.3) is 0 Å². The molecule has 2 N–H and O–H groups in total. The van der Waals surface area contributed by atoms with Crippen LogP contribution in [-0.4, -0.2) is 10.2 Å². The average molecular weight is 236 g/mol. The van der Waals surface area contributed by atoms with Crippen LogP contribution in [0.3, 0.4) is 0 Å². The molecule has 1 aromatic carbocycles. The maximum atomic E-state index is 5.84. The van der Waals surface area contributed by atoms with Crippen molar-refractivity contribution in [3.8, 4) is 0 Å². The maximum absolute atomic E-state index is 5.84. The number of nitrogens with one attached hydrogen (secondary N) is 2. The van der Waals surface area contributed by atoms with E-state index < -0.39 is 0 Å². The van der Waals surface area contributed by atoms with E-state index in [1.165, 1.54) is 5.56 Å². The third kappa shape index (κ3) is 2.84. The molecule has 1 heterocycles. The Labute approximate surface area is 99.8 Å². The molecule has 2 rings (SSSR count). The smallest absolute Gasteiger partial charge is 0.0532 e. The molecule has 0 aliphatic heterocycles. The Balaban J connectivity index is 1.93. The average Bonchev–Trinajstić information content (AvgIpc) is 2.80. The van der Waals surface area contributed by atoms with Crippen molar-refractivity contribution in [3.63, 3.8) is 0 Å². The number of H-pyrrole nitrogens is 1. The second kappa shape index (κ2) is 5.14. The third-order valence-corrected chi connectivity index (χ3v) is 2.79. The van der Waals surface area contributed by atoms with E-state index >= 15 is 0 Å². The van der Waals surface area contributed by atoms with E-state index in [2.05, 4.69) is 22.4 Å². The molecule has 3 nitrogen and oxygen atoms in total. The summed E-state index contributed by atoms with van der Waals surface area (Å²) in [7, 11) is 0. The third-order valence-electron chi connectivity index (χ3n) is 2.54. The highest BCUT2D eigenvalue weighted by Crippen LogP contribution is 2.16. The van der Waals surface area contributed by atoms with Crippen molar-refractivity contribution in [1.29, 1.82) is 0 Å². The standard InChI is InChI=1S/C12H14ClN3/c1-9(11-2-4-12(13)5-3-11)14-6-10-7-15-16-8-10/h2-5,7-9,14H,6H2,1H3,(H,15,16). The summed E-state index contributed by atoms with van der Waals surface area (Å²) in [6.45, 7) is 2.93. The van der Waals surface area contributed by atoms with Crippen LogP contribution >= 0.6 is 11.6 Å². The van der Waals surface area contributed by atoms with Crippen molar-refractivity contribution in [3.05, 3.63) is 52.8 Å². The molecule has 0 radical (unpaired) electrons. The number of nitrogens with zero attached hydrogens (tertiary/aromatic N) is 1. The van der Waals surface area contributed by atoms with Gasteiger partial charge in [-0.3, -0.25) is 5.10 Å². The zero-order chi connectivity index (χ0) is 11.4. The van der Waals surface area contributed by atoms with Crippen LogP contribution in [0.5, 0.6) is 0 Å². The van der Waals surface area contributed by atoms with Crippen molar-refractivity contribution in [2.75, 3.05) is 0 Å². The lowest BCUT2D eigenvalue weighted by Crippen LogP contribution is -2.17. The predicted octanol–water partition coefficient (Wildman–Crippen LogP) is 2.91. The summed E-state index contributed by atoms with van der Waals surface area (Å²) in [5.41, 5.74) is 2.38. The van der Waals surface area contributed by atoms with Gasteiger partial charge in [-0.15, -0.1) is 0 Å². The molecule has 0 fully saturated rings. The van der Waals surface area contributed by atoms with Gasteiger partial charge in [0, 0.05) is 29.4 Å². The first-order valence-electron chi connectivity index (χ1n) is 5.22. The van der Waals surface area contributed by atoms with Gasteiger partial charge in [0.05, 0.1) is 6.20 Å². The first-order valence-corrected chi connectivity index (χ1v) is 5.60. The predicted molar refractivity (Wildman–Crippen MR) is 65.3 cm³/mol. The molecule has 0 aliphatic carbocycles. The van der Waals surface area contributed by atoms with Crippen LogP contribution in [0, 0.1) is 0 Å². The van der Waals surface area contributed by atoms with Crippen molar-refractivity contribution in [1.82, 2.24) is 15.5 Å². The van der Waals surface area contributed by atoms with Crippen LogP contribution in [0.15, 0.2) is 36.7 Å². The molecule has 0 saturated heterocycles. The van der Waals surface area contributed by atoms with Crippen molar-refractivity contribution in [2.45, 2.75) is 19.5 Å². The van der Waals surface area contributed by atoms with Gasteiger partial charge in [-0.25, -0.2) is 0 Å². The van der Waals surface area contributed by atoms with E-state index in [-0.39, 0.29) is 0 Å². The summed E-state index contributed by atoms with van der Waals surface area (Å²) in [5.74, 6) is 0. The number of halogens is 1. The van der Waals surface area contributed by atoms with Crippen molar-refractivity contribution < 1.29 is 0 Å².